The number of hydrogen-bond donors (Lipinski definition) is 1. The Morgan fingerprint density at radius 3 is 2.81 bits per heavy atom. The highest BCUT2D eigenvalue weighted by molar-refractivity contribution is 7.12. The lowest BCUT2D eigenvalue weighted by atomic mass is 9.79. The number of carbonyl (C=O) groups excluding carboxylic acids is 1. The maximum atomic E-state index is 11.9. The lowest BCUT2D eigenvalue weighted by Gasteiger charge is -2.50. The van der Waals surface area contributed by atoms with Gasteiger partial charge in [0.2, 0.25) is 0 Å². The topological polar surface area (TPSA) is 44.7 Å². The van der Waals surface area contributed by atoms with E-state index in [-0.39, 0.29) is 11.4 Å². The Labute approximate surface area is 159 Å². The van der Waals surface area contributed by atoms with Gasteiger partial charge >= 0.3 is 0 Å². The predicted octanol–water partition coefficient (Wildman–Crippen LogP) is 5.01. The van der Waals surface area contributed by atoms with E-state index in [2.05, 4.69) is 68.2 Å². The average Bonchev–Trinajstić information content (AvgIpc) is 3.08. The zero-order chi connectivity index (χ0) is 18.9. The van der Waals surface area contributed by atoms with E-state index in [0.29, 0.717) is 16.8 Å². The van der Waals surface area contributed by atoms with Gasteiger partial charge in [-0.1, -0.05) is 19.1 Å². The van der Waals surface area contributed by atoms with Crippen molar-refractivity contribution >= 4 is 29.1 Å². The van der Waals surface area contributed by atoms with Gasteiger partial charge in [-0.15, -0.1) is 11.3 Å². The quantitative estimate of drug-likeness (QED) is 0.608. The van der Waals surface area contributed by atoms with Crippen LogP contribution in [-0.2, 0) is 0 Å². The number of benzene rings is 1. The minimum Gasteiger partial charge on any atom is -0.364 e. The molecule has 26 heavy (non-hydrogen) atoms. The number of fused-ring (bicyclic) bond motifs is 1. The van der Waals surface area contributed by atoms with Crippen molar-refractivity contribution < 1.29 is 4.79 Å². The summed E-state index contributed by atoms with van der Waals surface area (Å²) < 4.78 is 0. The van der Waals surface area contributed by atoms with Crippen LogP contribution in [0.3, 0.4) is 0 Å². The van der Waals surface area contributed by atoms with Gasteiger partial charge in [0.15, 0.2) is 0 Å². The first-order valence-electron chi connectivity index (χ1n) is 9.10. The first-order chi connectivity index (χ1) is 12.3. The number of carbonyl (C=O) groups is 1. The molecule has 0 bridgehead atoms. The summed E-state index contributed by atoms with van der Waals surface area (Å²) in [5.41, 5.74) is 6.41. The van der Waals surface area contributed by atoms with E-state index in [1.165, 1.54) is 22.6 Å². The third-order valence-electron chi connectivity index (χ3n) is 4.94. The molecule has 138 valence electrons. The van der Waals surface area contributed by atoms with E-state index in [0.717, 1.165) is 12.0 Å². The predicted molar refractivity (Wildman–Crippen MR) is 111 cm³/mol. The summed E-state index contributed by atoms with van der Waals surface area (Å²) >= 11 is 1.41. The number of thiophene rings is 1. The number of nitrogens with zero attached hydrogens (tertiary/aromatic N) is 2. The van der Waals surface area contributed by atoms with Crippen LogP contribution < -0.4 is 10.3 Å². The second kappa shape index (κ2) is 7.23. The fourth-order valence-corrected chi connectivity index (χ4v) is 4.77. The van der Waals surface area contributed by atoms with Crippen LogP contribution in [0.15, 0.2) is 40.8 Å². The number of hydrogen-bond acceptors (Lipinski definition) is 4. The largest absolute Gasteiger partial charge is 0.364 e. The van der Waals surface area contributed by atoms with Crippen LogP contribution in [0.5, 0.6) is 0 Å². The van der Waals surface area contributed by atoms with Crippen molar-refractivity contribution in [1.29, 1.82) is 0 Å². The fourth-order valence-electron chi connectivity index (χ4n) is 4.16. The lowest BCUT2D eigenvalue weighted by molar-refractivity contribution is 0.0959. The molecule has 1 N–H and O–H groups in total. The molecule has 0 saturated carbocycles. The average molecular weight is 370 g/mol. The molecule has 1 aromatic carbocycles. The molecule has 2 heterocycles. The highest BCUT2D eigenvalue weighted by Crippen LogP contribution is 2.44. The van der Waals surface area contributed by atoms with Crippen molar-refractivity contribution in [3.63, 3.8) is 0 Å². The zero-order valence-electron chi connectivity index (χ0n) is 16.1. The molecule has 1 unspecified atom stereocenters. The first-order valence-corrected chi connectivity index (χ1v) is 9.98. The second-order valence-corrected chi connectivity index (χ2v) is 8.82. The van der Waals surface area contributed by atoms with Gasteiger partial charge in [0.1, 0.15) is 0 Å². The van der Waals surface area contributed by atoms with Crippen LogP contribution in [0.4, 0.5) is 5.69 Å². The van der Waals surface area contributed by atoms with Crippen molar-refractivity contribution in [3.8, 4) is 0 Å². The molecule has 5 heteroatoms. The number of rotatable bonds is 4. The molecule has 4 nitrogen and oxygen atoms in total. The molecule has 1 aliphatic heterocycles. The number of nitrogens with one attached hydrogen (secondary N) is 1. The van der Waals surface area contributed by atoms with Gasteiger partial charge in [-0.3, -0.25) is 4.79 Å². The Hall–Kier alpha value is -2.14. The van der Waals surface area contributed by atoms with E-state index in [1.54, 1.807) is 12.3 Å². The summed E-state index contributed by atoms with van der Waals surface area (Å²) in [6.07, 6.45) is 2.84. The molecule has 0 aliphatic carbocycles. The first kappa shape index (κ1) is 18.6. The monoisotopic (exact) mass is 369 g/mol. The van der Waals surface area contributed by atoms with Crippen LogP contribution in [0.1, 0.15) is 67.8 Å². The van der Waals surface area contributed by atoms with Crippen molar-refractivity contribution in [2.24, 2.45) is 5.10 Å². The minimum atomic E-state index is -0.171. The maximum Gasteiger partial charge on any atom is 0.281 e. The molecule has 1 atom stereocenters. The van der Waals surface area contributed by atoms with Crippen molar-refractivity contribution in [2.45, 2.75) is 58.5 Å². The highest BCUT2D eigenvalue weighted by atomic mass is 32.1. The number of anilines is 1. The smallest absolute Gasteiger partial charge is 0.281 e. The summed E-state index contributed by atoms with van der Waals surface area (Å²) in [5, 5.41) is 6.00. The van der Waals surface area contributed by atoms with Gasteiger partial charge in [-0.2, -0.15) is 5.10 Å². The third kappa shape index (κ3) is 3.68. The maximum absolute atomic E-state index is 11.9. The normalized spacial score (nSPS) is 19.0. The molecule has 0 saturated heterocycles. The summed E-state index contributed by atoms with van der Waals surface area (Å²) in [7, 11) is 0. The van der Waals surface area contributed by atoms with Crippen LogP contribution in [0.2, 0.25) is 0 Å². The second-order valence-electron chi connectivity index (χ2n) is 7.88. The zero-order valence-corrected chi connectivity index (χ0v) is 16.9. The van der Waals surface area contributed by atoms with Crippen LogP contribution in [0, 0.1) is 0 Å². The SMILES string of the molecule is CC1CC(C)(C)N(C(C)C)c2ccc(/C=N\NC(=O)c3cccs3)cc21. The summed E-state index contributed by atoms with van der Waals surface area (Å²) in [5.74, 6) is 0.319. The molecule has 1 aromatic heterocycles. The van der Waals surface area contributed by atoms with Gasteiger partial charge in [-0.25, -0.2) is 5.43 Å². The Bertz CT molecular complexity index is 809. The fraction of sp³-hybridized carbons (Fsp3) is 0.429. The molecule has 2 aromatic rings. The van der Waals surface area contributed by atoms with Crippen molar-refractivity contribution in [3.05, 3.63) is 51.7 Å². The highest BCUT2D eigenvalue weighted by Gasteiger charge is 2.37. The number of amides is 1. The molecular weight excluding hydrogens is 342 g/mol. The van der Waals surface area contributed by atoms with Crippen LogP contribution in [0.25, 0.3) is 0 Å². The lowest BCUT2D eigenvalue weighted by Crippen LogP contribution is -2.51. The van der Waals surface area contributed by atoms with Gasteiger partial charge in [-0.05, 0) is 74.7 Å². The molecule has 1 amide bonds. The standard InChI is InChI=1S/C21H27N3OS/c1-14(2)24-18-9-8-16(11-17(18)15(3)12-21(24,4)5)13-22-23-20(25)19-7-6-10-26-19/h6-11,13-15H,12H2,1-5H3,(H,23,25)/b22-13-. The van der Waals surface area contributed by atoms with Crippen LogP contribution in [-0.4, -0.2) is 23.7 Å². The third-order valence-corrected chi connectivity index (χ3v) is 5.81. The molecule has 1 aliphatic rings. The van der Waals surface area contributed by atoms with E-state index in [1.807, 2.05) is 11.4 Å². The van der Waals surface area contributed by atoms with Crippen LogP contribution >= 0.6 is 11.3 Å². The summed E-state index contributed by atoms with van der Waals surface area (Å²) in [6, 6.07) is 10.6. The molecule has 3 rings (SSSR count). The van der Waals surface area contributed by atoms with E-state index in [4.69, 9.17) is 0 Å². The molecule has 0 radical (unpaired) electrons. The molecule has 0 spiro atoms. The van der Waals surface area contributed by atoms with Gasteiger partial charge in [0.25, 0.3) is 5.91 Å². The Kier molecular flexibility index (Phi) is 5.19. The minimum absolute atomic E-state index is 0.144. The van der Waals surface area contributed by atoms with Gasteiger partial charge < -0.3 is 4.90 Å². The van der Waals surface area contributed by atoms with Gasteiger partial charge in [0.05, 0.1) is 11.1 Å². The molecule has 0 fully saturated rings. The Balaban J connectivity index is 1.81. The summed E-state index contributed by atoms with van der Waals surface area (Å²) in [4.78, 5) is 15.1. The van der Waals surface area contributed by atoms with E-state index in [9.17, 15) is 4.79 Å². The van der Waals surface area contributed by atoms with E-state index < -0.39 is 0 Å². The number of hydrazone groups is 1. The Morgan fingerprint density at radius 1 is 1.38 bits per heavy atom. The molecular formula is C21H27N3OS. The van der Waals surface area contributed by atoms with Crippen molar-refractivity contribution in [1.82, 2.24) is 5.43 Å². The van der Waals surface area contributed by atoms with E-state index >= 15 is 0 Å². The Morgan fingerprint density at radius 2 is 2.15 bits per heavy atom. The van der Waals surface area contributed by atoms with Gasteiger partial charge in [0, 0.05) is 17.3 Å². The van der Waals surface area contributed by atoms with Crippen molar-refractivity contribution in [2.75, 3.05) is 4.90 Å². The summed E-state index contributed by atoms with van der Waals surface area (Å²) in [6.45, 7) is 11.4.